The summed E-state index contributed by atoms with van der Waals surface area (Å²) in [5.74, 6) is -0.361. The molecular weight excluding hydrogens is 308 g/mol. The number of urea groups is 1. The highest BCUT2D eigenvalue weighted by molar-refractivity contribution is 6.30. The van der Waals surface area contributed by atoms with Crippen LogP contribution in [0.3, 0.4) is 0 Å². The number of aryl methyl sites for hydroxylation is 1. The predicted octanol–water partition coefficient (Wildman–Crippen LogP) is 1.81. The second-order valence-electron chi connectivity index (χ2n) is 5.20. The van der Waals surface area contributed by atoms with Crippen molar-refractivity contribution in [2.24, 2.45) is 0 Å². The summed E-state index contributed by atoms with van der Waals surface area (Å²) in [7, 11) is 4.32. The summed E-state index contributed by atoms with van der Waals surface area (Å²) in [6, 6.07) is 6.88. The Hall–Kier alpha value is -1.63. The second-order valence-corrected chi connectivity index (χ2v) is 5.63. The van der Waals surface area contributed by atoms with Crippen molar-refractivity contribution in [2.75, 3.05) is 21.3 Å². The van der Waals surface area contributed by atoms with E-state index in [2.05, 4.69) is 5.32 Å². The van der Waals surface area contributed by atoms with Gasteiger partial charge in [0, 0.05) is 26.3 Å². The molecule has 0 saturated carbocycles. The third kappa shape index (κ3) is 2.95. The number of carbonyl (C=O) groups is 2. The number of hydrogen-bond donors (Lipinski definition) is 1. The van der Waals surface area contributed by atoms with Gasteiger partial charge in [0.1, 0.15) is 0 Å². The molecule has 0 aliphatic carbocycles. The van der Waals surface area contributed by atoms with E-state index in [4.69, 9.17) is 21.1 Å². The van der Waals surface area contributed by atoms with Crippen molar-refractivity contribution >= 4 is 23.5 Å². The Labute approximate surface area is 134 Å². The Morgan fingerprint density at radius 1 is 1.23 bits per heavy atom. The van der Waals surface area contributed by atoms with Gasteiger partial charge in [-0.25, -0.2) is 4.79 Å². The number of rotatable bonds is 6. The SMILES string of the molecule is COC(OC)[C@]1(CCc2ccc(Cl)cc2)NC(=O)N(C)C1=O. The molecule has 1 heterocycles. The molecule has 22 heavy (non-hydrogen) atoms. The van der Waals surface area contributed by atoms with E-state index in [0.29, 0.717) is 17.9 Å². The number of methoxy groups -OCH3 is 2. The van der Waals surface area contributed by atoms with Crippen LogP contribution < -0.4 is 5.32 Å². The molecule has 0 unspecified atom stereocenters. The van der Waals surface area contributed by atoms with Crippen molar-refractivity contribution in [3.63, 3.8) is 0 Å². The van der Waals surface area contributed by atoms with E-state index in [9.17, 15) is 9.59 Å². The summed E-state index contributed by atoms with van der Waals surface area (Å²) < 4.78 is 10.5. The van der Waals surface area contributed by atoms with Gasteiger partial charge in [-0.05, 0) is 30.5 Å². The number of hydrogen-bond acceptors (Lipinski definition) is 4. The fourth-order valence-electron chi connectivity index (χ4n) is 2.66. The van der Waals surface area contributed by atoms with Crippen molar-refractivity contribution in [2.45, 2.75) is 24.7 Å². The number of amides is 3. The molecular formula is C15H19ClN2O4. The van der Waals surface area contributed by atoms with E-state index in [1.165, 1.54) is 21.3 Å². The predicted molar refractivity (Wildman–Crippen MR) is 81.6 cm³/mol. The Morgan fingerprint density at radius 3 is 2.27 bits per heavy atom. The lowest BCUT2D eigenvalue weighted by molar-refractivity contribution is -0.168. The van der Waals surface area contributed by atoms with Gasteiger partial charge >= 0.3 is 6.03 Å². The van der Waals surface area contributed by atoms with Crippen LogP contribution in [-0.4, -0.2) is 49.9 Å². The molecule has 1 saturated heterocycles. The van der Waals surface area contributed by atoms with Crippen molar-refractivity contribution in [1.82, 2.24) is 10.2 Å². The van der Waals surface area contributed by atoms with Gasteiger partial charge in [0.05, 0.1) is 0 Å². The molecule has 1 aromatic carbocycles. The average Bonchev–Trinajstić information content (AvgIpc) is 2.73. The van der Waals surface area contributed by atoms with E-state index in [-0.39, 0.29) is 5.91 Å². The van der Waals surface area contributed by atoms with Crippen molar-refractivity contribution in [1.29, 1.82) is 0 Å². The van der Waals surface area contributed by atoms with Gasteiger partial charge in [-0.2, -0.15) is 0 Å². The van der Waals surface area contributed by atoms with Gasteiger partial charge < -0.3 is 14.8 Å². The molecule has 1 atom stereocenters. The molecule has 0 bridgehead atoms. The number of benzene rings is 1. The van der Waals surface area contributed by atoms with E-state index < -0.39 is 17.9 Å². The molecule has 0 aromatic heterocycles. The van der Waals surface area contributed by atoms with Gasteiger partial charge in [-0.1, -0.05) is 23.7 Å². The zero-order valence-corrected chi connectivity index (χ0v) is 13.5. The van der Waals surface area contributed by atoms with Crippen molar-refractivity contribution in [3.8, 4) is 0 Å². The van der Waals surface area contributed by atoms with E-state index >= 15 is 0 Å². The van der Waals surface area contributed by atoms with Crippen LogP contribution in [0.5, 0.6) is 0 Å². The average molecular weight is 327 g/mol. The second kappa shape index (κ2) is 6.64. The zero-order chi connectivity index (χ0) is 16.3. The molecule has 3 amide bonds. The molecule has 120 valence electrons. The van der Waals surface area contributed by atoms with E-state index in [0.717, 1.165) is 10.5 Å². The standard InChI is InChI=1S/C15H19ClN2O4/c1-18-12(19)15(17-14(18)20,13(21-2)22-3)9-8-10-4-6-11(16)7-5-10/h4-7,13H,8-9H2,1-3H3,(H,17,20)/t15-/m1/s1. The molecule has 1 fully saturated rings. The maximum absolute atomic E-state index is 12.5. The lowest BCUT2D eigenvalue weighted by Gasteiger charge is -2.32. The van der Waals surface area contributed by atoms with E-state index in [1.807, 2.05) is 12.1 Å². The first-order chi connectivity index (χ1) is 10.4. The summed E-state index contributed by atoms with van der Waals surface area (Å²) >= 11 is 5.87. The molecule has 1 aliphatic heterocycles. The number of ether oxygens (including phenoxy) is 2. The van der Waals surface area contributed by atoms with Crippen LogP contribution in [0.2, 0.25) is 5.02 Å². The molecule has 1 aliphatic rings. The summed E-state index contributed by atoms with van der Waals surface area (Å²) in [6.07, 6.45) is 0.0667. The normalized spacial score (nSPS) is 21.6. The molecule has 0 spiro atoms. The highest BCUT2D eigenvalue weighted by Crippen LogP contribution is 2.28. The van der Waals surface area contributed by atoms with Crippen LogP contribution in [0.1, 0.15) is 12.0 Å². The molecule has 2 rings (SSSR count). The third-order valence-corrected chi connectivity index (χ3v) is 4.12. The Kier molecular flexibility index (Phi) is 5.05. The number of nitrogens with zero attached hydrogens (tertiary/aromatic N) is 1. The summed E-state index contributed by atoms with van der Waals surface area (Å²) in [4.78, 5) is 25.4. The van der Waals surface area contributed by atoms with Gasteiger partial charge in [-0.3, -0.25) is 9.69 Å². The van der Waals surface area contributed by atoms with Gasteiger partial charge in [0.15, 0.2) is 11.8 Å². The summed E-state index contributed by atoms with van der Waals surface area (Å²) in [5, 5.41) is 3.36. The first kappa shape index (κ1) is 16.7. The fourth-order valence-corrected chi connectivity index (χ4v) is 2.78. The number of likely N-dealkylation sites (N-methyl/N-ethyl adjacent to an activating group) is 1. The van der Waals surface area contributed by atoms with Gasteiger partial charge in [0.2, 0.25) is 0 Å². The third-order valence-electron chi connectivity index (χ3n) is 3.87. The van der Waals surface area contributed by atoms with Crippen LogP contribution >= 0.6 is 11.6 Å². The van der Waals surface area contributed by atoms with Crippen LogP contribution in [0.15, 0.2) is 24.3 Å². The zero-order valence-electron chi connectivity index (χ0n) is 12.8. The first-order valence-electron chi connectivity index (χ1n) is 6.85. The van der Waals surface area contributed by atoms with Gasteiger partial charge in [0.25, 0.3) is 5.91 Å². The van der Waals surface area contributed by atoms with Crippen LogP contribution in [0.4, 0.5) is 4.79 Å². The quantitative estimate of drug-likeness (QED) is 0.639. The Balaban J connectivity index is 2.24. The van der Waals surface area contributed by atoms with Crippen molar-refractivity contribution < 1.29 is 19.1 Å². The lowest BCUT2D eigenvalue weighted by Crippen LogP contribution is -2.58. The number of nitrogens with one attached hydrogen (secondary N) is 1. The molecule has 0 radical (unpaired) electrons. The fraction of sp³-hybridized carbons (Fsp3) is 0.467. The van der Waals surface area contributed by atoms with E-state index in [1.54, 1.807) is 12.1 Å². The molecule has 1 aromatic rings. The first-order valence-corrected chi connectivity index (χ1v) is 7.22. The summed E-state index contributed by atoms with van der Waals surface area (Å²) in [6.45, 7) is 0. The summed E-state index contributed by atoms with van der Waals surface area (Å²) in [5.41, 5.74) is -0.221. The highest BCUT2D eigenvalue weighted by atomic mass is 35.5. The molecule has 6 nitrogen and oxygen atoms in total. The Morgan fingerprint density at radius 2 is 1.82 bits per heavy atom. The minimum Gasteiger partial charge on any atom is -0.353 e. The van der Waals surface area contributed by atoms with Crippen LogP contribution in [0.25, 0.3) is 0 Å². The topological polar surface area (TPSA) is 67.9 Å². The maximum Gasteiger partial charge on any atom is 0.324 e. The van der Waals surface area contributed by atoms with Gasteiger partial charge in [-0.15, -0.1) is 0 Å². The lowest BCUT2D eigenvalue weighted by atomic mass is 9.90. The smallest absolute Gasteiger partial charge is 0.324 e. The number of imide groups is 1. The minimum absolute atomic E-state index is 0.357. The number of carbonyl (C=O) groups excluding carboxylic acids is 2. The van der Waals surface area contributed by atoms with Crippen LogP contribution in [-0.2, 0) is 20.7 Å². The Bertz CT molecular complexity index is 559. The van der Waals surface area contributed by atoms with Crippen molar-refractivity contribution in [3.05, 3.63) is 34.9 Å². The maximum atomic E-state index is 12.5. The highest BCUT2D eigenvalue weighted by Gasteiger charge is 2.55. The largest absolute Gasteiger partial charge is 0.353 e. The molecule has 1 N–H and O–H groups in total. The van der Waals surface area contributed by atoms with Crippen LogP contribution in [0, 0.1) is 0 Å². The number of halogens is 1. The molecule has 7 heteroatoms. The monoisotopic (exact) mass is 326 g/mol. The minimum atomic E-state index is -1.23.